The highest BCUT2D eigenvalue weighted by Crippen LogP contribution is 2.28. The number of halogens is 3. The molecule has 2 aromatic carbocycles. The maximum atomic E-state index is 13.1. The van der Waals surface area contributed by atoms with Gasteiger partial charge >= 0.3 is 6.36 Å². The summed E-state index contributed by atoms with van der Waals surface area (Å²) >= 11 is 1.22. The molecule has 3 rings (SSSR count). The van der Waals surface area contributed by atoms with Crippen LogP contribution < -0.4 is 24.3 Å². The van der Waals surface area contributed by atoms with Crippen LogP contribution in [-0.2, 0) is 11.3 Å². The normalized spacial score (nSPS) is 11.8. The Kier molecular flexibility index (Phi) is 10.1. The second-order valence-electron chi connectivity index (χ2n) is 8.43. The van der Waals surface area contributed by atoms with Crippen molar-refractivity contribution in [2.24, 2.45) is 4.99 Å². The minimum Gasteiger partial charge on any atom is -0.497 e. The molecule has 0 unspecified atom stereocenters. The first-order valence-electron chi connectivity index (χ1n) is 11.8. The van der Waals surface area contributed by atoms with Gasteiger partial charge in [-0.05, 0) is 54.9 Å². The molecule has 0 atom stereocenters. The van der Waals surface area contributed by atoms with Crippen molar-refractivity contribution in [3.05, 3.63) is 58.2 Å². The largest absolute Gasteiger partial charge is 0.573 e. The Morgan fingerprint density at radius 3 is 2.36 bits per heavy atom. The van der Waals surface area contributed by atoms with Crippen molar-refractivity contribution in [1.29, 1.82) is 0 Å². The molecule has 0 saturated heterocycles. The van der Waals surface area contributed by atoms with E-state index in [4.69, 9.17) is 9.47 Å². The number of methoxy groups -OCH3 is 2. The van der Waals surface area contributed by atoms with Gasteiger partial charge in [0.05, 0.1) is 32.0 Å². The predicted molar refractivity (Wildman–Crippen MR) is 140 cm³/mol. The molecule has 1 aromatic heterocycles. The molecule has 2 amide bonds. The number of benzene rings is 2. The average Bonchev–Trinajstić information content (AvgIpc) is 3.29. The molecule has 1 heterocycles. The molecule has 9 nitrogen and oxygen atoms in total. The van der Waals surface area contributed by atoms with Crippen LogP contribution in [0.4, 0.5) is 13.2 Å². The van der Waals surface area contributed by atoms with Gasteiger partial charge in [-0.25, -0.2) is 0 Å². The van der Waals surface area contributed by atoms with Gasteiger partial charge in [-0.15, -0.1) is 24.5 Å². The quantitative estimate of drug-likeness (QED) is 0.354. The summed E-state index contributed by atoms with van der Waals surface area (Å²) in [4.78, 5) is 31.1. The zero-order valence-corrected chi connectivity index (χ0v) is 22.7. The number of thiazole rings is 1. The molecule has 0 saturated carbocycles. The number of aromatic nitrogens is 1. The summed E-state index contributed by atoms with van der Waals surface area (Å²) in [6, 6.07) is 10.2. The van der Waals surface area contributed by atoms with Crippen molar-refractivity contribution in [2.75, 3.05) is 41.4 Å². The molecule has 0 aliphatic rings. The van der Waals surface area contributed by atoms with E-state index >= 15 is 0 Å². The zero-order chi connectivity index (χ0) is 28.6. The van der Waals surface area contributed by atoms with Gasteiger partial charge in [0.2, 0.25) is 5.91 Å². The number of amides is 2. The third kappa shape index (κ3) is 8.32. The van der Waals surface area contributed by atoms with E-state index in [0.717, 1.165) is 0 Å². The van der Waals surface area contributed by atoms with Gasteiger partial charge in [-0.1, -0.05) is 0 Å². The second kappa shape index (κ2) is 13.3. The molecule has 3 aromatic rings. The number of nitrogens with one attached hydrogen (secondary N) is 1. The Hall–Kier alpha value is -3.84. The smallest absolute Gasteiger partial charge is 0.497 e. The highest BCUT2D eigenvalue weighted by Gasteiger charge is 2.31. The third-order valence-electron chi connectivity index (χ3n) is 5.53. The van der Waals surface area contributed by atoms with Crippen molar-refractivity contribution in [3.8, 4) is 28.5 Å². The maximum absolute atomic E-state index is 13.1. The standard InChI is InChI=1S/C26H29F3N4O5S/c1-32(2)23(34)15-30-12-5-13-33-21(17-6-8-18(9-7-17)38-26(27,28)29)16-39-25(33)31-24(35)20-11-10-19(36-3)14-22(20)37-4/h6-11,14,16,30H,5,12-13,15H2,1-4H3/b31-25-. The fraction of sp³-hybridized carbons (Fsp3) is 0.346. The first-order chi connectivity index (χ1) is 18.5. The van der Waals surface area contributed by atoms with Crippen LogP contribution in [0, 0.1) is 0 Å². The van der Waals surface area contributed by atoms with E-state index < -0.39 is 12.3 Å². The molecule has 0 spiro atoms. The number of nitrogens with zero attached hydrogens (tertiary/aromatic N) is 3. The minimum atomic E-state index is -4.79. The third-order valence-corrected chi connectivity index (χ3v) is 6.39. The number of alkyl halides is 3. The predicted octanol–water partition coefficient (Wildman–Crippen LogP) is 3.94. The Morgan fingerprint density at radius 1 is 1.05 bits per heavy atom. The number of rotatable bonds is 11. The van der Waals surface area contributed by atoms with Crippen LogP contribution in [0.5, 0.6) is 17.2 Å². The molecular weight excluding hydrogens is 537 g/mol. The minimum absolute atomic E-state index is 0.0604. The van der Waals surface area contributed by atoms with Crippen LogP contribution in [0.3, 0.4) is 0 Å². The van der Waals surface area contributed by atoms with Crippen LogP contribution in [0.2, 0.25) is 0 Å². The fourth-order valence-corrected chi connectivity index (χ4v) is 4.46. The fourth-order valence-electron chi connectivity index (χ4n) is 3.53. The summed E-state index contributed by atoms with van der Waals surface area (Å²) in [6.07, 6.45) is -4.20. The lowest BCUT2D eigenvalue weighted by molar-refractivity contribution is -0.274. The maximum Gasteiger partial charge on any atom is 0.573 e. The molecule has 0 fully saturated rings. The Balaban J connectivity index is 1.91. The van der Waals surface area contributed by atoms with Crippen molar-refractivity contribution >= 4 is 23.2 Å². The van der Waals surface area contributed by atoms with E-state index in [1.807, 2.05) is 4.57 Å². The summed E-state index contributed by atoms with van der Waals surface area (Å²) < 4.78 is 54.0. The lowest BCUT2D eigenvalue weighted by Gasteiger charge is -2.13. The molecule has 0 bridgehead atoms. The first kappa shape index (κ1) is 29.7. The number of ether oxygens (including phenoxy) is 3. The van der Waals surface area contributed by atoms with Gasteiger partial charge < -0.3 is 29.0 Å². The molecule has 39 heavy (non-hydrogen) atoms. The van der Waals surface area contributed by atoms with E-state index in [-0.39, 0.29) is 23.8 Å². The van der Waals surface area contributed by atoms with Gasteiger partial charge in [0.15, 0.2) is 4.80 Å². The Bertz CT molecular complexity index is 1350. The van der Waals surface area contributed by atoms with Crippen molar-refractivity contribution in [2.45, 2.75) is 19.3 Å². The Morgan fingerprint density at radius 2 is 1.74 bits per heavy atom. The topological polar surface area (TPSA) is 94.4 Å². The number of hydrogen-bond donors (Lipinski definition) is 1. The van der Waals surface area contributed by atoms with E-state index in [1.54, 1.807) is 37.7 Å². The summed E-state index contributed by atoms with van der Waals surface area (Å²) in [5, 5.41) is 4.86. The number of hydrogen-bond acceptors (Lipinski definition) is 7. The molecule has 1 N–H and O–H groups in total. The molecule has 0 radical (unpaired) electrons. The molecule has 0 aliphatic carbocycles. The van der Waals surface area contributed by atoms with Crippen LogP contribution in [0.15, 0.2) is 52.8 Å². The van der Waals surface area contributed by atoms with E-state index in [2.05, 4.69) is 15.0 Å². The lowest BCUT2D eigenvalue weighted by atomic mass is 10.1. The van der Waals surface area contributed by atoms with Crippen molar-refractivity contribution in [1.82, 2.24) is 14.8 Å². The van der Waals surface area contributed by atoms with Gasteiger partial charge in [0, 0.05) is 32.1 Å². The molecule has 210 valence electrons. The number of likely N-dealkylation sites (N-methyl/N-ethyl adjacent to an activating group) is 1. The van der Waals surface area contributed by atoms with Crippen LogP contribution in [-0.4, -0.2) is 69.0 Å². The number of carbonyl (C=O) groups is 2. The second-order valence-corrected chi connectivity index (χ2v) is 9.27. The van der Waals surface area contributed by atoms with Gasteiger partial charge in [0.25, 0.3) is 5.91 Å². The average molecular weight is 567 g/mol. The van der Waals surface area contributed by atoms with Crippen LogP contribution in [0.1, 0.15) is 16.8 Å². The van der Waals surface area contributed by atoms with E-state index in [9.17, 15) is 22.8 Å². The highest BCUT2D eigenvalue weighted by molar-refractivity contribution is 7.07. The molecule has 0 aliphatic heterocycles. The van der Waals surface area contributed by atoms with Gasteiger partial charge in [-0.3, -0.25) is 9.59 Å². The Labute approximate surface area is 227 Å². The van der Waals surface area contributed by atoms with Crippen LogP contribution >= 0.6 is 11.3 Å². The monoisotopic (exact) mass is 566 g/mol. The van der Waals surface area contributed by atoms with Gasteiger partial charge in [0.1, 0.15) is 17.2 Å². The van der Waals surface area contributed by atoms with E-state index in [1.165, 1.54) is 54.7 Å². The number of carbonyl (C=O) groups excluding carboxylic acids is 2. The lowest BCUT2D eigenvalue weighted by Crippen LogP contribution is -2.33. The highest BCUT2D eigenvalue weighted by atomic mass is 32.1. The zero-order valence-electron chi connectivity index (χ0n) is 21.9. The summed E-state index contributed by atoms with van der Waals surface area (Å²) in [7, 11) is 6.29. The summed E-state index contributed by atoms with van der Waals surface area (Å²) in [6.45, 7) is 1.12. The first-order valence-corrected chi connectivity index (χ1v) is 12.7. The summed E-state index contributed by atoms with van der Waals surface area (Å²) in [5.74, 6) is -0.0963. The molecule has 13 heteroatoms. The molecular formula is C26H29F3N4O5S. The van der Waals surface area contributed by atoms with Crippen LogP contribution in [0.25, 0.3) is 11.3 Å². The van der Waals surface area contributed by atoms with E-state index in [0.29, 0.717) is 47.1 Å². The summed E-state index contributed by atoms with van der Waals surface area (Å²) in [5.41, 5.74) is 1.53. The van der Waals surface area contributed by atoms with Crippen molar-refractivity contribution in [3.63, 3.8) is 0 Å². The van der Waals surface area contributed by atoms with Gasteiger partial charge in [-0.2, -0.15) is 4.99 Å². The van der Waals surface area contributed by atoms with Crippen molar-refractivity contribution < 1.29 is 37.0 Å². The SMILES string of the molecule is COc1ccc(C(=O)/N=c2\scc(-c3ccc(OC(F)(F)F)cc3)n2CCCNCC(=O)N(C)C)c(OC)c1.